The average Bonchev–Trinajstić information content (AvgIpc) is 2.50. The number of carbonyl (C=O) groups excluding carboxylic acids is 1. The SMILES string of the molecule is CCCc1ccc(OCC(=O)Oc2c(C)cc(Br)cc2C)cc1. The number of carbonyl (C=O) groups is 1. The Morgan fingerprint density at radius 1 is 1.09 bits per heavy atom. The maximum atomic E-state index is 12.0. The molecule has 0 atom stereocenters. The Morgan fingerprint density at radius 2 is 1.70 bits per heavy atom. The third kappa shape index (κ3) is 5.10. The average molecular weight is 377 g/mol. The third-order valence-electron chi connectivity index (χ3n) is 3.46. The van der Waals surface area contributed by atoms with E-state index in [1.165, 1.54) is 5.56 Å². The van der Waals surface area contributed by atoms with Gasteiger partial charge in [0.05, 0.1) is 0 Å². The summed E-state index contributed by atoms with van der Waals surface area (Å²) in [6, 6.07) is 11.6. The monoisotopic (exact) mass is 376 g/mol. The molecule has 23 heavy (non-hydrogen) atoms. The zero-order valence-electron chi connectivity index (χ0n) is 13.7. The van der Waals surface area contributed by atoms with Crippen molar-refractivity contribution in [2.75, 3.05) is 6.61 Å². The number of benzene rings is 2. The summed E-state index contributed by atoms with van der Waals surface area (Å²) in [5, 5.41) is 0. The van der Waals surface area contributed by atoms with Crippen molar-refractivity contribution < 1.29 is 14.3 Å². The van der Waals surface area contributed by atoms with Gasteiger partial charge < -0.3 is 9.47 Å². The van der Waals surface area contributed by atoms with Crippen LogP contribution in [0.4, 0.5) is 0 Å². The maximum Gasteiger partial charge on any atom is 0.349 e. The van der Waals surface area contributed by atoms with Crippen LogP contribution < -0.4 is 9.47 Å². The van der Waals surface area contributed by atoms with Crippen molar-refractivity contribution in [3.8, 4) is 11.5 Å². The predicted molar refractivity (Wildman–Crippen MR) is 95.2 cm³/mol. The molecule has 0 amide bonds. The Balaban J connectivity index is 1.93. The molecule has 0 aliphatic carbocycles. The number of aryl methyl sites for hydroxylation is 3. The molecule has 0 aliphatic rings. The lowest BCUT2D eigenvalue weighted by molar-refractivity contribution is -0.136. The molecular weight excluding hydrogens is 356 g/mol. The van der Waals surface area contributed by atoms with Crippen LogP contribution in [0.25, 0.3) is 0 Å². The predicted octanol–water partition coefficient (Wildman–Crippen LogP) is 5.00. The number of esters is 1. The highest BCUT2D eigenvalue weighted by atomic mass is 79.9. The van der Waals surface area contributed by atoms with E-state index in [9.17, 15) is 4.79 Å². The van der Waals surface area contributed by atoms with Crippen LogP contribution >= 0.6 is 15.9 Å². The first-order valence-electron chi connectivity index (χ1n) is 7.68. The van der Waals surface area contributed by atoms with Crippen LogP contribution in [-0.4, -0.2) is 12.6 Å². The Kier molecular flexibility index (Phi) is 6.22. The number of hydrogen-bond donors (Lipinski definition) is 0. The summed E-state index contributed by atoms with van der Waals surface area (Å²) in [4.78, 5) is 12.0. The van der Waals surface area contributed by atoms with E-state index in [-0.39, 0.29) is 6.61 Å². The van der Waals surface area contributed by atoms with Crippen molar-refractivity contribution >= 4 is 21.9 Å². The maximum absolute atomic E-state index is 12.0. The first-order valence-corrected chi connectivity index (χ1v) is 8.48. The second kappa shape index (κ2) is 8.16. The van der Waals surface area contributed by atoms with Crippen LogP contribution in [-0.2, 0) is 11.2 Å². The summed E-state index contributed by atoms with van der Waals surface area (Å²) in [6.07, 6.45) is 2.16. The molecule has 0 bridgehead atoms. The fourth-order valence-electron chi connectivity index (χ4n) is 2.38. The van der Waals surface area contributed by atoms with Gasteiger partial charge in [-0.1, -0.05) is 41.4 Å². The van der Waals surface area contributed by atoms with E-state index in [1.807, 2.05) is 50.2 Å². The molecule has 0 heterocycles. The van der Waals surface area contributed by atoms with E-state index in [1.54, 1.807) is 0 Å². The zero-order valence-corrected chi connectivity index (χ0v) is 15.3. The topological polar surface area (TPSA) is 35.5 Å². The fourth-order valence-corrected chi connectivity index (χ4v) is 3.07. The Bertz CT molecular complexity index is 655. The lowest BCUT2D eigenvalue weighted by Crippen LogP contribution is -2.18. The molecule has 2 aromatic carbocycles. The van der Waals surface area contributed by atoms with Crippen LogP contribution in [0.5, 0.6) is 11.5 Å². The fraction of sp³-hybridized carbons (Fsp3) is 0.316. The molecule has 0 saturated carbocycles. The van der Waals surface area contributed by atoms with E-state index >= 15 is 0 Å². The lowest BCUT2D eigenvalue weighted by Gasteiger charge is -2.12. The van der Waals surface area contributed by atoms with Gasteiger partial charge in [-0.2, -0.15) is 0 Å². The highest BCUT2D eigenvalue weighted by Gasteiger charge is 2.11. The number of hydrogen-bond acceptors (Lipinski definition) is 3. The van der Waals surface area contributed by atoms with Crippen molar-refractivity contribution in [3.05, 3.63) is 57.6 Å². The molecule has 122 valence electrons. The molecule has 0 aliphatic heterocycles. The van der Waals surface area contributed by atoms with E-state index in [4.69, 9.17) is 9.47 Å². The van der Waals surface area contributed by atoms with Crippen molar-refractivity contribution in [3.63, 3.8) is 0 Å². The molecular formula is C19H21BrO3. The molecule has 0 fully saturated rings. The minimum absolute atomic E-state index is 0.109. The Labute approximate surface area is 145 Å². The molecule has 0 saturated heterocycles. The number of halogens is 1. The van der Waals surface area contributed by atoms with Gasteiger partial charge in [-0.15, -0.1) is 0 Å². The smallest absolute Gasteiger partial charge is 0.349 e. The Morgan fingerprint density at radius 3 is 2.26 bits per heavy atom. The quantitative estimate of drug-likeness (QED) is 0.525. The molecule has 0 aromatic heterocycles. The molecule has 4 heteroatoms. The minimum Gasteiger partial charge on any atom is -0.482 e. The highest BCUT2D eigenvalue weighted by Crippen LogP contribution is 2.27. The van der Waals surface area contributed by atoms with Gasteiger partial charge in [0.25, 0.3) is 0 Å². The zero-order chi connectivity index (χ0) is 16.8. The van der Waals surface area contributed by atoms with Crippen molar-refractivity contribution in [1.82, 2.24) is 0 Å². The second-order valence-corrected chi connectivity index (χ2v) is 6.44. The van der Waals surface area contributed by atoms with Gasteiger partial charge in [-0.25, -0.2) is 4.79 Å². The lowest BCUT2D eigenvalue weighted by atomic mass is 10.1. The summed E-state index contributed by atoms with van der Waals surface area (Å²) in [5.41, 5.74) is 3.09. The Hall–Kier alpha value is -1.81. The van der Waals surface area contributed by atoms with Gasteiger partial charge in [0, 0.05) is 4.47 Å². The minimum atomic E-state index is -0.406. The van der Waals surface area contributed by atoms with E-state index in [2.05, 4.69) is 22.9 Å². The van der Waals surface area contributed by atoms with Crippen LogP contribution in [0.2, 0.25) is 0 Å². The van der Waals surface area contributed by atoms with Gasteiger partial charge >= 0.3 is 5.97 Å². The number of ether oxygens (including phenoxy) is 2. The van der Waals surface area contributed by atoms with Gasteiger partial charge in [0.2, 0.25) is 0 Å². The van der Waals surface area contributed by atoms with Crippen LogP contribution in [0.1, 0.15) is 30.0 Å². The second-order valence-electron chi connectivity index (χ2n) is 5.53. The summed E-state index contributed by atoms with van der Waals surface area (Å²) < 4.78 is 11.9. The first-order chi connectivity index (χ1) is 11.0. The summed E-state index contributed by atoms with van der Waals surface area (Å²) in [7, 11) is 0. The summed E-state index contributed by atoms with van der Waals surface area (Å²) >= 11 is 3.43. The first kappa shape index (κ1) is 17.5. The number of rotatable bonds is 6. The summed E-state index contributed by atoms with van der Waals surface area (Å²) in [5.74, 6) is 0.863. The van der Waals surface area contributed by atoms with Gasteiger partial charge in [0.1, 0.15) is 11.5 Å². The molecule has 0 spiro atoms. The van der Waals surface area contributed by atoms with Gasteiger partial charge in [0.15, 0.2) is 6.61 Å². The van der Waals surface area contributed by atoms with Crippen molar-refractivity contribution in [2.24, 2.45) is 0 Å². The van der Waals surface area contributed by atoms with Crippen LogP contribution in [0.3, 0.4) is 0 Å². The highest BCUT2D eigenvalue weighted by molar-refractivity contribution is 9.10. The molecule has 2 aromatic rings. The van der Waals surface area contributed by atoms with Crippen LogP contribution in [0.15, 0.2) is 40.9 Å². The normalized spacial score (nSPS) is 10.4. The molecule has 0 N–H and O–H groups in total. The third-order valence-corrected chi connectivity index (χ3v) is 3.92. The largest absolute Gasteiger partial charge is 0.482 e. The van der Waals surface area contributed by atoms with Crippen molar-refractivity contribution in [1.29, 1.82) is 0 Å². The van der Waals surface area contributed by atoms with Gasteiger partial charge in [-0.3, -0.25) is 0 Å². The van der Waals surface area contributed by atoms with E-state index in [0.717, 1.165) is 28.4 Å². The van der Waals surface area contributed by atoms with E-state index < -0.39 is 5.97 Å². The molecule has 0 radical (unpaired) electrons. The molecule has 0 unspecified atom stereocenters. The van der Waals surface area contributed by atoms with Gasteiger partial charge in [-0.05, 0) is 61.2 Å². The van der Waals surface area contributed by atoms with Crippen LogP contribution in [0, 0.1) is 13.8 Å². The molecule has 2 rings (SSSR count). The summed E-state index contributed by atoms with van der Waals surface area (Å²) in [6.45, 7) is 5.86. The standard InChI is InChI=1S/C19H21BrO3/c1-4-5-15-6-8-17(9-7-15)22-12-18(21)23-19-13(2)10-16(20)11-14(19)3/h6-11H,4-5,12H2,1-3H3. The molecule has 3 nitrogen and oxygen atoms in total. The van der Waals surface area contributed by atoms with Crippen molar-refractivity contribution in [2.45, 2.75) is 33.6 Å². The van der Waals surface area contributed by atoms with E-state index in [0.29, 0.717) is 11.5 Å².